The molecule has 3 saturated heterocycles. The summed E-state index contributed by atoms with van der Waals surface area (Å²) in [6, 6.07) is 5.53. The van der Waals surface area contributed by atoms with Crippen LogP contribution in [0.5, 0.6) is 5.75 Å². The summed E-state index contributed by atoms with van der Waals surface area (Å²) in [6.45, 7) is 6.21. The highest BCUT2D eigenvalue weighted by Crippen LogP contribution is 2.29. The van der Waals surface area contributed by atoms with Gasteiger partial charge in [-0.05, 0) is 49.4 Å². The highest BCUT2D eigenvalue weighted by atomic mass is 35.5. The Hall–Kier alpha value is -1.26. The molecule has 0 aliphatic carbocycles. The number of aromatic hydroxyl groups is 1. The number of amides is 1. The fraction of sp³-hybridized carbons (Fsp3) is 0.611. The van der Waals surface area contributed by atoms with Crippen LogP contribution >= 0.6 is 11.6 Å². The smallest absolute Gasteiger partial charge is 0.227 e. The number of nitrogens with zero attached hydrogens (tertiary/aromatic N) is 2. The standard InChI is InChI=1S/C18H25ClN2O2/c1-2-7-20-10-14-3-5-15(20)12-21(11-14)18(23)9-13-4-6-17(22)16(19)8-13/h4,6,8,14-15,22H,2-3,5,7,9-12H2,1H3/t14-,15-/m1/s1. The first kappa shape index (κ1) is 16.6. The molecule has 4 rings (SSSR count). The second kappa shape index (κ2) is 7.10. The fourth-order valence-electron chi connectivity index (χ4n) is 3.89. The van der Waals surface area contributed by atoms with Gasteiger partial charge in [0.25, 0.3) is 0 Å². The fourth-order valence-corrected chi connectivity index (χ4v) is 4.09. The lowest BCUT2D eigenvalue weighted by Gasteiger charge is -2.35. The second-order valence-electron chi connectivity index (χ2n) is 6.85. The number of piperidine rings is 1. The molecule has 0 saturated carbocycles. The minimum atomic E-state index is 0.0610. The number of rotatable bonds is 4. The maximum atomic E-state index is 12.7. The average Bonchev–Trinajstić information content (AvgIpc) is 2.83. The molecule has 5 heteroatoms. The summed E-state index contributed by atoms with van der Waals surface area (Å²) in [6.07, 6.45) is 3.97. The Morgan fingerprint density at radius 3 is 2.87 bits per heavy atom. The number of hydrogen-bond donors (Lipinski definition) is 1. The van der Waals surface area contributed by atoms with E-state index in [9.17, 15) is 9.90 Å². The summed E-state index contributed by atoms with van der Waals surface area (Å²) < 4.78 is 0. The summed E-state index contributed by atoms with van der Waals surface area (Å²) in [5.41, 5.74) is 0.861. The zero-order chi connectivity index (χ0) is 16.4. The zero-order valence-electron chi connectivity index (χ0n) is 13.7. The first-order chi connectivity index (χ1) is 11.1. The van der Waals surface area contributed by atoms with Crippen molar-refractivity contribution in [2.24, 2.45) is 5.92 Å². The maximum Gasteiger partial charge on any atom is 0.227 e. The van der Waals surface area contributed by atoms with Gasteiger partial charge in [-0.3, -0.25) is 9.69 Å². The van der Waals surface area contributed by atoms with E-state index in [2.05, 4.69) is 11.8 Å². The number of carbonyl (C=O) groups is 1. The molecule has 3 aliphatic heterocycles. The lowest BCUT2D eigenvalue weighted by Crippen LogP contribution is -2.44. The van der Waals surface area contributed by atoms with Gasteiger partial charge in [0, 0.05) is 25.7 Å². The van der Waals surface area contributed by atoms with Crippen LogP contribution in [0, 0.1) is 5.92 Å². The van der Waals surface area contributed by atoms with Crippen molar-refractivity contribution in [3.63, 3.8) is 0 Å². The van der Waals surface area contributed by atoms with Crippen LogP contribution in [0.4, 0.5) is 0 Å². The van der Waals surface area contributed by atoms with Crippen molar-refractivity contribution in [2.75, 3.05) is 26.2 Å². The van der Waals surface area contributed by atoms with Crippen LogP contribution in [0.15, 0.2) is 18.2 Å². The number of phenolic OH excluding ortho intramolecular Hbond substituents is 1. The first-order valence-electron chi connectivity index (χ1n) is 8.56. The lowest BCUT2D eigenvalue weighted by molar-refractivity contribution is -0.130. The molecule has 2 bridgehead atoms. The van der Waals surface area contributed by atoms with Gasteiger partial charge in [-0.2, -0.15) is 0 Å². The van der Waals surface area contributed by atoms with Crippen molar-refractivity contribution in [1.29, 1.82) is 0 Å². The zero-order valence-corrected chi connectivity index (χ0v) is 14.4. The molecule has 2 atom stereocenters. The van der Waals surface area contributed by atoms with Crippen molar-refractivity contribution in [3.05, 3.63) is 28.8 Å². The molecule has 1 amide bonds. The molecule has 4 nitrogen and oxygen atoms in total. The minimum absolute atomic E-state index is 0.0610. The normalized spacial score (nSPS) is 24.7. The molecule has 3 fully saturated rings. The van der Waals surface area contributed by atoms with Crippen LogP contribution in [0.3, 0.4) is 0 Å². The van der Waals surface area contributed by atoms with Crippen LogP contribution in [0.25, 0.3) is 0 Å². The molecular weight excluding hydrogens is 312 g/mol. The summed E-state index contributed by atoms with van der Waals surface area (Å²) in [5.74, 6) is 0.834. The number of halogens is 1. The van der Waals surface area contributed by atoms with E-state index in [-0.39, 0.29) is 11.7 Å². The van der Waals surface area contributed by atoms with E-state index in [0.717, 1.165) is 31.7 Å². The Balaban J connectivity index is 1.67. The van der Waals surface area contributed by atoms with Gasteiger partial charge in [0.15, 0.2) is 0 Å². The molecule has 0 aromatic heterocycles. The van der Waals surface area contributed by atoms with Crippen LogP contribution < -0.4 is 0 Å². The molecule has 1 aromatic rings. The number of hydrogen-bond acceptors (Lipinski definition) is 3. The largest absolute Gasteiger partial charge is 0.506 e. The average molecular weight is 337 g/mol. The summed E-state index contributed by atoms with van der Waals surface area (Å²) >= 11 is 5.94. The van der Waals surface area contributed by atoms with Crippen LogP contribution in [-0.2, 0) is 11.2 Å². The molecule has 0 unspecified atom stereocenters. The van der Waals surface area contributed by atoms with E-state index in [1.165, 1.54) is 19.3 Å². The topological polar surface area (TPSA) is 43.8 Å². The van der Waals surface area contributed by atoms with Crippen molar-refractivity contribution < 1.29 is 9.90 Å². The summed E-state index contributed by atoms with van der Waals surface area (Å²) in [5, 5.41) is 9.79. The summed E-state index contributed by atoms with van der Waals surface area (Å²) in [7, 11) is 0. The molecule has 0 radical (unpaired) electrons. The number of carbonyl (C=O) groups excluding carboxylic acids is 1. The molecule has 126 valence electrons. The Morgan fingerprint density at radius 2 is 2.13 bits per heavy atom. The van der Waals surface area contributed by atoms with Gasteiger partial charge >= 0.3 is 0 Å². The highest BCUT2D eigenvalue weighted by Gasteiger charge is 2.35. The Bertz CT molecular complexity index is 578. The van der Waals surface area contributed by atoms with Gasteiger partial charge in [-0.25, -0.2) is 0 Å². The van der Waals surface area contributed by atoms with Gasteiger partial charge in [0.1, 0.15) is 5.75 Å². The third kappa shape index (κ3) is 3.81. The predicted molar refractivity (Wildman–Crippen MR) is 91.8 cm³/mol. The van der Waals surface area contributed by atoms with Crippen LogP contribution in [0.1, 0.15) is 31.7 Å². The van der Waals surface area contributed by atoms with Gasteiger partial charge in [0.2, 0.25) is 5.91 Å². The van der Waals surface area contributed by atoms with Gasteiger partial charge in [0.05, 0.1) is 11.4 Å². The van der Waals surface area contributed by atoms with Crippen LogP contribution in [0.2, 0.25) is 5.02 Å². The Morgan fingerprint density at radius 1 is 1.30 bits per heavy atom. The van der Waals surface area contributed by atoms with E-state index in [1.807, 2.05) is 4.90 Å². The van der Waals surface area contributed by atoms with Crippen LogP contribution in [-0.4, -0.2) is 53.0 Å². The van der Waals surface area contributed by atoms with E-state index < -0.39 is 0 Å². The summed E-state index contributed by atoms with van der Waals surface area (Å²) in [4.78, 5) is 17.3. The molecule has 1 N–H and O–H groups in total. The SMILES string of the molecule is CCCN1C[C@H]2CC[C@@H]1CN(C(=O)Cc1ccc(O)c(Cl)c1)C2. The highest BCUT2D eigenvalue weighted by molar-refractivity contribution is 6.32. The molecular formula is C18H25ClN2O2. The van der Waals surface area contributed by atoms with Gasteiger partial charge < -0.3 is 10.0 Å². The lowest BCUT2D eigenvalue weighted by atomic mass is 9.95. The quantitative estimate of drug-likeness (QED) is 0.919. The maximum absolute atomic E-state index is 12.7. The monoisotopic (exact) mass is 336 g/mol. The first-order valence-corrected chi connectivity index (χ1v) is 8.93. The van der Waals surface area contributed by atoms with E-state index in [0.29, 0.717) is 23.4 Å². The van der Waals surface area contributed by atoms with Crippen molar-refractivity contribution in [1.82, 2.24) is 9.80 Å². The van der Waals surface area contributed by atoms with Crippen molar-refractivity contribution in [2.45, 2.75) is 38.6 Å². The third-order valence-corrected chi connectivity index (χ3v) is 5.36. The Kier molecular flexibility index (Phi) is 5.12. The van der Waals surface area contributed by atoms with E-state index in [4.69, 9.17) is 11.6 Å². The van der Waals surface area contributed by atoms with Crippen molar-refractivity contribution >= 4 is 17.5 Å². The second-order valence-corrected chi connectivity index (χ2v) is 7.26. The number of phenols is 1. The Labute approximate surface area is 143 Å². The van der Waals surface area contributed by atoms with Gasteiger partial charge in [-0.1, -0.05) is 24.6 Å². The van der Waals surface area contributed by atoms with Crippen molar-refractivity contribution in [3.8, 4) is 5.75 Å². The number of benzene rings is 1. The molecule has 1 aromatic carbocycles. The molecule has 0 spiro atoms. The predicted octanol–water partition coefficient (Wildman–Crippen LogP) is 2.92. The minimum Gasteiger partial charge on any atom is -0.506 e. The number of fused-ring (bicyclic) bond motifs is 4. The molecule has 23 heavy (non-hydrogen) atoms. The van der Waals surface area contributed by atoms with E-state index in [1.54, 1.807) is 18.2 Å². The van der Waals surface area contributed by atoms with E-state index >= 15 is 0 Å². The van der Waals surface area contributed by atoms with Gasteiger partial charge in [-0.15, -0.1) is 0 Å². The third-order valence-electron chi connectivity index (χ3n) is 5.06. The molecule has 3 heterocycles. The molecule has 3 aliphatic rings.